The smallest absolute Gasteiger partial charge is 0.147 e. The van der Waals surface area contributed by atoms with E-state index in [0.29, 0.717) is 17.4 Å². The molecule has 0 saturated carbocycles. The van der Waals surface area contributed by atoms with E-state index in [1.54, 1.807) is 18.9 Å². The van der Waals surface area contributed by atoms with Crippen molar-refractivity contribution in [3.8, 4) is 5.75 Å². The maximum absolute atomic E-state index is 11.8. The number of ketones is 1. The van der Waals surface area contributed by atoms with Crippen molar-refractivity contribution in [3.05, 3.63) is 28.2 Å². The van der Waals surface area contributed by atoms with Crippen molar-refractivity contribution in [2.24, 2.45) is 0 Å². The molecule has 0 spiro atoms. The van der Waals surface area contributed by atoms with Gasteiger partial charge in [-0.15, -0.1) is 0 Å². The molecular formula is C13H17BrO2S. The van der Waals surface area contributed by atoms with Gasteiger partial charge in [0.25, 0.3) is 0 Å². The van der Waals surface area contributed by atoms with Crippen LogP contribution in [0.25, 0.3) is 0 Å². The zero-order valence-corrected chi connectivity index (χ0v) is 12.7. The number of halogens is 1. The van der Waals surface area contributed by atoms with Crippen LogP contribution < -0.4 is 4.74 Å². The topological polar surface area (TPSA) is 26.3 Å². The van der Waals surface area contributed by atoms with Gasteiger partial charge in [-0.2, -0.15) is 11.8 Å². The summed E-state index contributed by atoms with van der Waals surface area (Å²) < 4.78 is 6.22. The highest BCUT2D eigenvalue weighted by Crippen LogP contribution is 2.24. The molecule has 1 aromatic rings. The van der Waals surface area contributed by atoms with Crippen molar-refractivity contribution in [2.75, 3.05) is 12.9 Å². The fourth-order valence-corrected chi connectivity index (χ4v) is 2.44. The van der Waals surface area contributed by atoms with Gasteiger partial charge in [-0.05, 0) is 23.4 Å². The van der Waals surface area contributed by atoms with E-state index in [4.69, 9.17) is 4.74 Å². The largest absolute Gasteiger partial charge is 0.496 e. The van der Waals surface area contributed by atoms with Crippen LogP contribution in [0.2, 0.25) is 0 Å². The minimum Gasteiger partial charge on any atom is -0.496 e. The Bertz CT molecular complexity index is 391. The van der Waals surface area contributed by atoms with Gasteiger partial charge in [0.2, 0.25) is 0 Å². The van der Waals surface area contributed by atoms with Gasteiger partial charge in [-0.25, -0.2) is 0 Å². The zero-order valence-electron chi connectivity index (χ0n) is 10.3. The number of ether oxygens (including phenoxy) is 1. The van der Waals surface area contributed by atoms with E-state index >= 15 is 0 Å². The van der Waals surface area contributed by atoms with Crippen LogP contribution in [0.5, 0.6) is 5.75 Å². The average Bonchev–Trinajstić information content (AvgIpc) is 2.27. The molecule has 0 aromatic heterocycles. The summed E-state index contributed by atoms with van der Waals surface area (Å²) in [5.41, 5.74) is 0.941. The van der Waals surface area contributed by atoms with Crippen LogP contribution in [0.1, 0.15) is 19.4 Å². The first-order chi connectivity index (χ1) is 8.02. The third kappa shape index (κ3) is 5.13. The third-order valence-corrected chi connectivity index (χ3v) is 3.86. The number of thioether (sulfide) groups is 1. The van der Waals surface area contributed by atoms with Gasteiger partial charge in [0.05, 0.1) is 12.9 Å². The van der Waals surface area contributed by atoms with Crippen LogP contribution >= 0.6 is 27.7 Å². The fraction of sp³-hybridized carbons (Fsp3) is 0.462. The Morgan fingerprint density at radius 2 is 2.18 bits per heavy atom. The molecule has 0 bridgehead atoms. The summed E-state index contributed by atoms with van der Waals surface area (Å²) in [4.78, 5) is 11.8. The van der Waals surface area contributed by atoms with Crippen LogP contribution in [-0.4, -0.2) is 23.9 Å². The normalized spacial score (nSPS) is 10.6. The van der Waals surface area contributed by atoms with E-state index in [2.05, 4.69) is 29.8 Å². The molecule has 0 aliphatic rings. The number of carbonyl (C=O) groups is 1. The summed E-state index contributed by atoms with van der Waals surface area (Å²) in [6.07, 6.45) is 0.433. The standard InChI is InChI=1S/C13H17BrO2S/c1-9(2)17-8-12(15)7-10-6-11(14)4-5-13(10)16-3/h4-6,9H,7-8H2,1-3H3. The molecule has 0 unspecified atom stereocenters. The Balaban J connectivity index is 2.66. The average molecular weight is 317 g/mol. The number of hydrogen-bond acceptors (Lipinski definition) is 3. The minimum absolute atomic E-state index is 0.236. The van der Waals surface area contributed by atoms with Gasteiger partial charge in [0.15, 0.2) is 0 Å². The highest BCUT2D eigenvalue weighted by molar-refractivity contribution is 9.10. The van der Waals surface area contributed by atoms with E-state index < -0.39 is 0 Å². The van der Waals surface area contributed by atoms with Crippen LogP contribution in [0.15, 0.2) is 22.7 Å². The lowest BCUT2D eigenvalue weighted by Gasteiger charge is -2.09. The molecule has 0 heterocycles. The summed E-state index contributed by atoms with van der Waals surface area (Å²) in [6.45, 7) is 4.19. The molecule has 94 valence electrons. The first kappa shape index (κ1) is 14.6. The molecule has 2 nitrogen and oxygen atoms in total. The van der Waals surface area contributed by atoms with Gasteiger partial charge in [0, 0.05) is 16.5 Å². The van der Waals surface area contributed by atoms with Gasteiger partial charge < -0.3 is 4.74 Å². The van der Waals surface area contributed by atoms with E-state index in [0.717, 1.165) is 15.8 Å². The summed E-state index contributed by atoms with van der Waals surface area (Å²) >= 11 is 5.08. The van der Waals surface area contributed by atoms with Crippen molar-refractivity contribution in [2.45, 2.75) is 25.5 Å². The maximum Gasteiger partial charge on any atom is 0.147 e. The van der Waals surface area contributed by atoms with E-state index in [1.165, 1.54) is 0 Å². The van der Waals surface area contributed by atoms with Gasteiger partial charge in [-0.3, -0.25) is 4.79 Å². The van der Waals surface area contributed by atoms with Crippen molar-refractivity contribution in [1.82, 2.24) is 0 Å². The van der Waals surface area contributed by atoms with Crippen LogP contribution in [0.4, 0.5) is 0 Å². The Labute approximate surface area is 115 Å². The fourth-order valence-electron chi connectivity index (χ4n) is 1.41. The Kier molecular flexibility index (Phi) is 6.06. The number of carbonyl (C=O) groups excluding carboxylic acids is 1. The Morgan fingerprint density at radius 3 is 2.76 bits per heavy atom. The molecular weight excluding hydrogens is 300 g/mol. The van der Waals surface area contributed by atoms with E-state index in [1.807, 2.05) is 18.2 Å². The molecule has 0 saturated heterocycles. The molecule has 0 atom stereocenters. The molecule has 0 N–H and O–H groups in total. The lowest BCUT2D eigenvalue weighted by atomic mass is 10.1. The second-order valence-electron chi connectivity index (χ2n) is 4.03. The number of hydrogen-bond donors (Lipinski definition) is 0. The van der Waals surface area contributed by atoms with Crippen molar-refractivity contribution in [3.63, 3.8) is 0 Å². The molecule has 0 fully saturated rings. The number of methoxy groups -OCH3 is 1. The van der Waals surface area contributed by atoms with E-state index in [9.17, 15) is 4.79 Å². The molecule has 0 amide bonds. The van der Waals surface area contributed by atoms with Crippen LogP contribution in [0, 0.1) is 0 Å². The quantitative estimate of drug-likeness (QED) is 0.800. The number of rotatable bonds is 6. The SMILES string of the molecule is COc1ccc(Br)cc1CC(=O)CSC(C)C. The maximum atomic E-state index is 11.8. The summed E-state index contributed by atoms with van der Waals surface area (Å²) in [5, 5.41) is 0.489. The second-order valence-corrected chi connectivity index (χ2v) is 6.51. The summed E-state index contributed by atoms with van der Waals surface area (Å²) in [5.74, 6) is 1.57. The summed E-state index contributed by atoms with van der Waals surface area (Å²) in [6, 6.07) is 5.73. The molecule has 0 aliphatic heterocycles. The number of Topliss-reactive ketones (excluding diaryl/α,β-unsaturated/α-hetero) is 1. The molecule has 1 rings (SSSR count). The highest BCUT2D eigenvalue weighted by atomic mass is 79.9. The Morgan fingerprint density at radius 1 is 1.47 bits per heavy atom. The molecule has 1 aromatic carbocycles. The Hall–Kier alpha value is -0.480. The van der Waals surface area contributed by atoms with Crippen molar-refractivity contribution < 1.29 is 9.53 Å². The predicted molar refractivity (Wildman–Crippen MR) is 77.0 cm³/mol. The molecule has 17 heavy (non-hydrogen) atoms. The van der Waals surface area contributed by atoms with Crippen LogP contribution in [0.3, 0.4) is 0 Å². The van der Waals surface area contributed by atoms with Crippen LogP contribution in [-0.2, 0) is 11.2 Å². The number of benzene rings is 1. The zero-order chi connectivity index (χ0) is 12.8. The molecule has 0 radical (unpaired) electrons. The highest BCUT2D eigenvalue weighted by Gasteiger charge is 2.10. The lowest BCUT2D eigenvalue weighted by Crippen LogP contribution is -2.08. The monoisotopic (exact) mass is 316 g/mol. The van der Waals surface area contributed by atoms with Gasteiger partial charge >= 0.3 is 0 Å². The van der Waals surface area contributed by atoms with Crippen molar-refractivity contribution >= 4 is 33.5 Å². The van der Waals surface area contributed by atoms with E-state index in [-0.39, 0.29) is 5.78 Å². The third-order valence-electron chi connectivity index (χ3n) is 2.21. The molecule has 4 heteroatoms. The van der Waals surface area contributed by atoms with Gasteiger partial charge in [0.1, 0.15) is 11.5 Å². The summed E-state index contributed by atoms with van der Waals surface area (Å²) in [7, 11) is 1.63. The molecule has 0 aliphatic carbocycles. The second kappa shape index (κ2) is 7.07. The van der Waals surface area contributed by atoms with Gasteiger partial charge in [-0.1, -0.05) is 29.8 Å². The first-order valence-corrected chi connectivity index (χ1v) is 7.33. The predicted octanol–water partition coefficient (Wildman–Crippen LogP) is 3.71. The minimum atomic E-state index is 0.236. The van der Waals surface area contributed by atoms with Crippen molar-refractivity contribution in [1.29, 1.82) is 0 Å². The lowest BCUT2D eigenvalue weighted by molar-refractivity contribution is -0.116. The first-order valence-electron chi connectivity index (χ1n) is 5.48.